The summed E-state index contributed by atoms with van der Waals surface area (Å²) in [5.74, 6) is 2.02. The fourth-order valence-corrected chi connectivity index (χ4v) is 4.56. The van der Waals surface area contributed by atoms with Gasteiger partial charge in [0.15, 0.2) is 5.82 Å². The van der Waals surface area contributed by atoms with Gasteiger partial charge in [-0.05, 0) is 54.6 Å². The van der Waals surface area contributed by atoms with Crippen molar-refractivity contribution in [3.8, 4) is 28.3 Å². The Kier molecular flexibility index (Phi) is 7.15. The summed E-state index contributed by atoms with van der Waals surface area (Å²) in [7, 11) is 1.89. The molecule has 0 fully saturated rings. The van der Waals surface area contributed by atoms with Crippen molar-refractivity contribution in [3.63, 3.8) is 0 Å². The number of aromatic amines is 1. The smallest absolute Gasteiger partial charge is 0.162 e. The van der Waals surface area contributed by atoms with Crippen LogP contribution in [-0.4, -0.2) is 58.1 Å². The average molecular weight is 529 g/mol. The van der Waals surface area contributed by atoms with Gasteiger partial charge >= 0.3 is 0 Å². The number of likely N-dealkylation sites (N-methyl/N-ethyl adjacent to an activating group) is 1. The van der Waals surface area contributed by atoms with Gasteiger partial charge in [-0.2, -0.15) is 5.10 Å². The first-order valence-corrected chi connectivity index (χ1v) is 13.1. The first-order chi connectivity index (χ1) is 19.7. The van der Waals surface area contributed by atoms with Crippen molar-refractivity contribution in [3.05, 3.63) is 97.2 Å². The van der Waals surface area contributed by atoms with Crippen molar-refractivity contribution < 1.29 is 9.53 Å². The second-order valence-electron chi connectivity index (χ2n) is 9.59. The van der Waals surface area contributed by atoms with Crippen LogP contribution >= 0.6 is 0 Å². The monoisotopic (exact) mass is 528 g/mol. The molecule has 0 unspecified atom stereocenters. The number of aromatic nitrogens is 4. The van der Waals surface area contributed by atoms with E-state index in [0.717, 1.165) is 50.5 Å². The fraction of sp³-hybridized carbons (Fsp3) is 0.125. The van der Waals surface area contributed by atoms with E-state index in [1.165, 1.54) is 0 Å². The number of benzene rings is 4. The third kappa shape index (κ3) is 5.52. The van der Waals surface area contributed by atoms with Gasteiger partial charge in [0, 0.05) is 28.6 Å². The van der Waals surface area contributed by atoms with Crippen LogP contribution in [0.1, 0.15) is 0 Å². The highest BCUT2D eigenvalue weighted by Gasteiger charge is 2.13. The molecular weight excluding hydrogens is 500 g/mol. The number of hydrogen-bond donors (Lipinski definition) is 2. The Morgan fingerprint density at radius 3 is 2.52 bits per heavy atom. The quantitative estimate of drug-likeness (QED) is 0.208. The van der Waals surface area contributed by atoms with Gasteiger partial charge < -0.3 is 14.8 Å². The van der Waals surface area contributed by atoms with E-state index in [0.29, 0.717) is 37.1 Å². The fourth-order valence-electron chi connectivity index (χ4n) is 4.56. The highest BCUT2D eigenvalue weighted by atomic mass is 16.5. The lowest BCUT2D eigenvalue weighted by Crippen LogP contribution is -2.25. The van der Waals surface area contributed by atoms with Crippen LogP contribution in [0.3, 0.4) is 0 Å². The van der Waals surface area contributed by atoms with Crippen LogP contribution in [0.2, 0.25) is 0 Å². The van der Waals surface area contributed by atoms with Gasteiger partial charge in [-0.3, -0.25) is 10.00 Å². The van der Waals surface area contributed by atoms with Crippen LogP contribution < -0.4 is 10.1 Å². The molecule has 6 aromatic rings. The Bertz CT molecular complexity index is 1770. The standard InChI is InChI=1S/C32H28N6O2/c1-38(15-17-39)16-18-40-27-12-14-30-28(20-27)32(34-26-11-13-29-25(19-26)21-33-37-29)36-31(35-30)24-9-7-23(8-10-24)22-5-3-2-4-6-22/h2-14,17,19-21H,15-16,18H2,1H3,(H,33,37)(H,34,35,36). The summed E-state index contributed by atoms with van der Waals surface area (Å²) in [6, 6.07) is 30.4. The summed E-state index contributed by atoms with van der Waals surface area (Å²) >= 11 is 0. The molecule has 2 aromatic heterocycles. The topological polar surface area (TPSA) is 96.0 Å². The maximum absolute atomic E-state index is 10.7. The van der Waals surface area contributed by atoms with Crippen LogP contribution in [0.5, 0.6) is 5.75 Å². The Hall–Kier alpha value is -5.08. The van der Waals surface area contributed by atoms with Crippen molar-refractivity contribution in [2.75, 3.05) is 32.1 Å². The molecule has 0 bridgehead atoms. The van der Waals surface area contributed by atoms with E-state index in [1.807, 2.05) is 66.5 Å². The molecule has 198 valence electrons. The Balaban J connectivity index is 1.35. The van der Waals surface area contributed by atoms with Crippen molar-refractivity contribution in [1.29, 1.82) is 0 Å². The number of nitrogens with zero attached hydrogens (tertiary/aromatic N) is 4. The molecular formula is C32H28N6O2. The number of aldehydes is 1. The Morgan fingerprint density at radius 1 is 0.900 bits per heavy atom. The second-order valence-corrected chi connectivity index (χ2v) is 9.59. The van der Waals surface area contributed by atoms with Crippen LogP contribution in [0.15, 0.2) is 97.2 Å². The summed E-state index contributed by atoms with van der Waals surface area (Å²) in [6.45, 7) is 1.47. The number of anilines is 2. The van der Waals surface area contributed by atoms with Crippen LogP contribution in [0.4, 0.5) is 11.5 Å². The summed E-state index contributed by atoms with van der Waals surface area (Å²) in [4.78, 5) is 22.5. The highest BCUT2D eigenvalue weighted by molar-refractivity contribution is 5.94. The molecule has 2 N–H and O–H groups in total. The molecule has 8 heteroatoms. The zero-order chi connectivity index (χ0) is 27.3. The van der Waals surface area contributed by atoms with Crippen molar-refractivity contribution >= 4 is 39.6 Å². The first kappa shape index (κ1) is 25.2. The predicted octanol–water partition coefficient (Wildman–Crippen LogP) is 6.09. The molecule has 8 nitrogen and oxygen atoms in total. The van der Waals surface area contributed by atoms with Gasteiger partial charge in [-0.1, -0.05) is 54.6 Å². The number of H-pyrrole nitrogens is 1. The van der Waals surface area contributed by atoms with Crippen molar-refractivity contribution in [2.24, 2.45) is 0 Å². The van der Waals surface area contributed by atoms with E-state index in [1.54, 1.807) is 6.20 Å². The molecule has 0 aliphatic heterocycles. The minimum Gasteiger partial charge on any atom is -0.492 e. The van der Waals surface area contributed by atoms with Gasteiger partial charge in [0.25, 0.3) is 0 Å². The normalized spacial score (nSPS) is 11.2. The number of nitrogens with one attached hydrogen (secondary N) is 2. The summed E-state index contributed by atoms with van der Waals surface area (Å²) in [6.07, 6.45) is 2.69. The number of carbonyl (C=O) groups excluding carboxylic acids is 1. The molecule has 40 heavy (non-hydrogen) atoms. The van der Waals surface area contributed by atoms with E-state index in [4.69, 9.17) is 14.7 Å². The van der Waals surface area contributed by atoms with E-state index in [-0.39, 0.29) is 0 Å². The third-order valence-electron chi connectivity index (χ3n) is 6.75. The van der Waals surface area contributed by atoms with E-state index in [2.05, 4.69) is 51.9 Å². The van der Waals surface area contributed by atoms with Crippen LogP contribution in [0, 0.1) is 0 Å². The average Bonchev–Trinajstić information content (AvgIpc) is 3.46. The lowest BCUT2D eigenvalue weighted by molar-refractivity contribution is -0.108. The van der Waals surface area contributed by atoms with E-state index < -0.39 is 0 Å². The number of fused-ring (bicyclic) bond motifs is 2. The molecule has 0 aliphatic rings. The van der Waals surface area contributed by atoms with E-state index >= 15 is 0 Å². The van der Waals surface area contributed by atoms with Gasteiger partial charge in [-0.15, -0.1) is 0 Å². The number of carbonyl (C=O) groups is 1. The molecule has 0 spiro atoms. The van der Waals surface area contributed by atoms with E-state index in [9.17, 15) is 4.79 Å². The molecule has 6 rings (SSSR count). The Morgan fingerprint density at radius 2 is 1.70 bits per heavy atom. The molecule has 0 radical (unpaired) electrons. The SMILES string of the molecule is CN(CC=O)CCOc1ccc2nc(-c3ccc(-c4ccccc4)cc3)nc(Nc3ccc4[nH]ncc4c3)c2c1. The van der Waals surface area contributed by atoms with Gasteiger partial charge in [0.2, 0.25) is 0 Å². The highest BCUT2D eigenvalue weighted by Crippen LogP contribution is 2.32. The summed E-state index contributed by atoms with van der Waals surface area (Å²) in [5, 5.41) is 12.5. The predicted molar refractivity (Wildman–Crippen MR) is 159 cm³/mol. The molecule has 0 amide bonds. The van der Waals surface area contributed by atoms with Crippen molar-refractivity contribution in [1.82, 2.24) is 25.1 Å². The Labute approximate surface area is 231 Å². The maximum Gasteiger partial charge on any atom is 0.162 e. The summed E-state index contributed by atoms with van der Waals surface area (Å²) in [5.41, 5.74) is 5.88. The van der Waals surface area contributed by atoms with Crippen LogP contribution in [0.25, 0.3) is 44.3 Å². The third-order valence-corrected chi connectivity index (χ3v) is 6.75. The minimum atomic E-state index is 0.374. The van der Waals surface area contributed by atoms with Gasteiger partial charge in [0.05, 0.1) is 23.8 Å². The van der Waals surface area contributed by atoms with Gasteiger partial charge in [-0.25, -0.2) is 9.97 Å². The molecule has 0 aliphatic carbocycles. The molecule has 2 heterocycles. The maximum atomic E-state index is 10.7. The lowest BCUT2D eigenvalue weighted by atomic mass is 10.0. The second kappa shape index (κ2) is 11.3. The largest absolute Gasteiger partial charge is 0.492 e. The lowest BCUT2D eigenvalue weighted by Gasteiger charge is -2.15. The molecule has 0 atom stereocenters. The summed E-state index contributed by atoms with van der Waals surface area (Å²) < 4.78 is 6.00. The number of rotatable bonds is 10. The molecule has 4 aromatic carbocycles. The molecule has 0 saturated carbocycles. The zero-order valence-electron chi connectivity index (χ0n) is 22.0. The van der Waals surface area contributed by atoms with Crippen molar-refractivity contribution in [2.45, 2.75) is 0 Å². The first-order valence-electron chi connectivity index (χ1n) is 13.1. The van der Waals surface area contributed by atoms with Crippen LogP contribution in [-0.2, 0) is 4.79 Å². The van der Waals surface area contributed by atoms with Gasteiger partial charge in [0.1, 0.15) is 24.5 Å². The zero-order valence-corrected chi connectivity index (χ0v) is 22.0. The number of hydrogen-bond acceptors (Lipinski definition) is 7. The molecule has 0 saturated heterocycles. The minimum absolute atomic E-state index is 0.374. The number of ether oxygens (including phenoxy) is 1.